The van der Waals surface area contributed by atoms with E-state index in [9.17, 15) is 0 Å². The lowest BCUT2D eigenvalue weighted by Gasteiger charge is -2.12. The van der Waals surface area contributed by atoms with Crippen LogP contribution in [0.3, 0.4) is 0 Å². The van der Waals surface area contributed by atoms with Crippen LogP contribution in [0.5, 0.6) is 5.75 Å². The number of para-hydroxylation sites is 1. The molecule has 0 aliphatic rings. The van der Waals surface area contributed by atoms with E-state index in [2.05, 4.69) is 15.6 Å². The number of nitrogens with zero attached hydrogens (tertiary/aromatic N) is 1. The molecule has 0 atom stereocenters. The molecular weight excluding hydrogens is 369 g/mol. The Morgan fingerprint density at radius 3 is 2.35 bits per heavy atom. The lowest BCUT2D eigenvalue weighted by Crippen LogP contribution is -2.40. The van der Waals surface area contributed by atoms with Crippen LogP contribution in [-0.2, 0) is 4.74 Å². The van der Waals surface area contributed by atoms with Crippen molar-refractivity contribution in [2.45, 2.75) is 6.92 Å². The first-order valence-electron chi connectivity index (χ1n) is 6.57. The van der Waals surface area contributed by atoms with Gasteiger partial charge in [0.15, 0.2) is 5.96 Å². The first-order valence-corrected chi connectivity index (χ1v) is 6.57. The van der Waals surface area contributed by atoms with E-state index in [0.717, 1.165) is 24.9 Å². The van der Waals surface area contributed by atoms with Crippen LogP contribution in [0.15, 0.2) is 35.3 Å². The molecule has 0 aliphatic heterocycles. The van der Waals surface area contributed by atoms with Gasteiger partial charge in [-0.15, -0.1) is 24.0 Å². The third-order valence-electron chi connectivity index (χ3n) is 2.37. The SMILES string of the molecule is CCOCCNC(=NC)NCCOc1ccccc1.I. The maximum Gasteiger partial charge on any atom is 0.191 e. The Morgan fingerprint density at radius 2 is 1.75 bits per heavy atom. The fourth-order valence-corrected chi connectivity index (χ4v) is 1.46. The van der Waals surface area contributed by atoms with Crippen molar-refractivity contribution in [3.63, 3.8) is 0 Å². The first kappa shape index (κ1) is 19.0. The first-order chi connectivity index (χ1) is 9.36. The normalized spacial score (nSPS) is 10.6. The predicted molar refractivity (Wildman–Crippen MR) is 93.2 cm³/mol. The van der Waals surface area contributed by atoms with E-state index < -0.39 is 0 Å². The van der Waals surface area contributed by atoms with Crippen LogP contribution in [0.2, 0.25) is 0 Å². The van der Waals surface area contributed by atoms with Gasteiger partial charge in [-0.2, -0.15) is 0 Å². The summed E-state index contributed by atoms with van der Waals surface area (Å²) in [7, 11) is 1.74. The fraction of sp³-hybridized carbons (Fsp3) is 0.500. The summed E-state index contributed by atoms with van der Waals surface area (Å²) in [6.07, 6.45) is 0. The zero-order chi connectivity index (χ0) is 13.8. The van der Waals surface area contributed by atoms with Crippen molar-refractivity contribution in [2.75, 3.05) is 40.0 Å². The standard InChI is InChI=1S/C14H23N3O2.HI/c1-3-18-11-9-16-14(15-2)17-10-12-19-13-7-5-4-6-8-13;/h4-8H,3,9-12H2,1-2H3,(H2,15,16,17);1H. The molecule has 0 spiro atoms. The summed E-state index contributed by atoms with van der Waals surface area (Å²) in [4.78, 5) is 4.11. The third-order valence-corrected chi connectivity index (χ3v) is 2.37. The van der Waals surface area contributed by atoms with Gasteiger partial charge in [0, 0.05) is 20.2 Å². The summed E-state index contributed by atoms with van der Waals surface area (Å²) < 4.78 is 10.8. The Bertz CT molecular complexity index is 361. The van der Waals surface area contributed by atoms with Gasteiger partial charge in [-0.1, -0.05) is 18.2 Å². The molecule has 1 aromatic carbocycles. The highest BCUT2D eigenvalue weighted by Gasteiger charge is 1.96. The monoisotopic (exact) mass is 393 g/mol. The Morgan fingerprint density at radius 1 is 1.10 bits per heavy atom. The number of hydrogen-bond donors (Lipinski definition) is 2. The van der Waals surface area contributed by atoms with Gasteiger partial charge in [-0.05, 0) is 19.1 Å². The van der Waals surface area contributed by atoms with Gasteiger partial charge in [0.2, 0.25) is 0 Å². The number of benzene rings is 1. The molecule has 2 N–H and O–H groups in total. The minimum atomic E-state index is 0. The van der Waals surface area contributed by atoms with E-state index in [0.29, 0.717) is 19.8 Å². The van der Waals surface area contributed by atoms with Gasteiger partial charge in [0.05, 0.1) is 13.2 Å². The molecule has 0 aliphatic carbocycles. The van der Waals surface area contributed by atoms with Crippen LogP contribution in [0.1, 0.15) is 6.92 Å². The maximum atomic E-state index is 5.57. The number of nitrogens with one attached hydrogen (secondary N) is 2. The predicted octanol–water partition coefficient (Wildman–Crippen LogP) is 1.88. The molecule has 5 nitrogen and oxygen atoms in total. The van der Waals surface area contributed by atoms with Gasteiger partial charge in [0.1, 0.15) is 12.4 Å². The summed E-state index contributed by atoms with van der Waals surface area (Å²) in [5, 5.41) is 6.34. The van der Waals surface area contributed by atoms with Gasteiger partial charge in [0.25, 0.3) is 0 Å². The number of halogens is 1. The Hall–Kier alpha value is -1.02. The molecule has 0 aromatic heterocycles. The molecule has 0 unspecified atom stereocenters. The van der Waals surface area contributed by atoms with Crippen LogP contribution in [0, 0.1) is 0 Å². The second-order valence-corrected chi connectivity index (χ2v) is 3.78. The molecule has 0 bridgehead atoms. The average Bonchev–Trinajstić information content (AvgIpc) is 2.46. The molecule has 0 heterocycles. The molecule has 0 saturated heterocycles. The van der Waals surface area contributed by atoms with Crippen LogP contribution < -0.4 is 15.4 Å². The molecule has 0 amide bonds. The number of aliphatic imine (C=N–C) groups is 1. The second kappa shape index (κ2) is 13.0. The number of guanidine groups is 1. The highest BCUT2D eigenvalue weighted by Crippen LogP contribution is 2.07. The number of ether oxygens (including phenoxy) is 2. The minimum Gasteiger partial charge on any atom is -0.492 e. The van der Waals surface area contributed by atoms with Crippen molar-refractivity contribution in [2.24, 2.45) is 4.99 Å². The van der Waals surface area contributed by atoms with Crippen molar-refractivity contribution < 1.29 is 9.47 Å². The van der Waals surface area contributed by atoms with Crippen molar-refractivity contribution in [3.05, 3.63) is 30.3 Å². The van der Waals surface area contributed by atoms with Gasteiger partial charge in [-0.25, -0.2) is 0 Å². The zero-order valence-corrected chi connectivity index (χ0v) is 14.4. The van der Waals surface area contributed by atoms with Crippen LogP contribution in [-0.4, -0.2) is 45.9 Å². The van der Waals surface area contributed by atoms with E-state index in [1.165, 1.54) is 0 Å². The molecular formula is C14H24IN3O2. The quantitative estimate of drug-likeness (QED) is 0.307. The lowest BCUT2D eigenvalue weighted by molar-refractivity contribution is 0.152. The van der Waals surface area contributed by atoms with E-state index >= 15 is 0 Å². The molecule has 0 fully saturated rings. The summed E-state index contributed by atoms with van der Waals surface area (Å²) in [5.74, 6) is 1.64. The lowest BCUT2D eigenvalue weighted by atomic mass is 10.3. The smallest absolute Gasteiger partial charge is 0.191 e. The Labute approximate surface area is 138 Å². The maximum absolute atomic E-state index is 5.57. The van der Waals surface area contributed by atoms with Crippen LogP contribution in [0.4, 0.5) is 0 Å². The van der Waals surface area contributed by atoms with Gasteiger partial charge in [-0.3, -0.25) is 4.99 Å². The minimum absolute atomic E-state index is 0. The highest BCUT2D eigenvalue weighted by atomic mass is 127. The van der Waals surface area contributed by atoms with Crippen LogP contribution >= 0.6 is 24.0 Å². The highest BCUT2D eigenvalue weighted by molar-refractivity contribution is 14.0. The largest absolute Gasteiger partial charge is 0.492 e. The van der Waals surface area contributed by atoms with E-state index in [4.69, 9.17) is 9.47 Å². The molecule has 1 aromatic rings. The third kappa shape index (κ3) is 8.98. The van der Waals surface area contributed by atoms with Gasteiger partial charge < -0.3 is 20.1 Å². The average molecular weight is 393 g/mol. The van der Waals surface area contributed by atoms with Crippen molar-refractivity contribution in [3.8, 4) is 5.75 Å². The fourth-order valence-electron chi connectivity index (χ4n) is 1.46. The summed E-state index contributed by atoms with van der Waals surface area (Å²) in [5.41, 5.74) is 0. The summed E-state index contributed by atoms with van der Waals surface area (Å²) >= 11 is 0. The van der Waals surface area contributed by atoms with E-state index in [-0.39, 0.29) is 24.0 Å². The van der Waals surface area contributed by atoms with Crippen LogP contribution in [0.25, 0.3) is 0 Å². The molecule has 6 heteroatoms. The van der Waals surface area contributed by atoms with Crippen molar-refractivity contribution in [1.82, 2.24) is 10.6 Å². The molecule has 0 radical (unpaired) electrons. The van der Waals surface area contributed by atoms with Crippen molar-refractivity contribution >= 4 is 29.9 Å². The van der Waals surface area contributed by atoms with Crippen molar-refractivity contribution in [1.29, 1.82) is 0 Å². The van der Waals surface area contributed by atoms with Gasteiger partial charge >= 0.3 is 0 Å². The number of rotatable bonds is 8. The Balaban J connectivity index is 0.00000361. The van der Waals surface area contributed by atoms with E-state index in [1.54, 1.807) is 7.05 Å². The molecule has 114 valence electrons. The number of hydrogen-bond acceptors (Lipinski definition) is 3. The second-order valence-electron chi connectivity index (χ2n) is 3.78. The Kier molecular flexibility index (Phi) is 12.3. The summed E-state index contributed by atoms with van der Waals surface area (Å²) in [6.45, 7) is 5.43. The summed E-state index contributed by atoms with van der Waals surface area (Å²) in [6, 6.07) is 9.76. The topological polar surface area (TPSA) is 54.9 Å². The molecule has 20 heavy (non-hydrogen) atoms. The van der Waals surface area contributed by atoms with E-state index in [1.807, 2.05) is 37.3 Å². The molecule has 1 rings (SSSR count). The zero-order valence-electron chi connectivity index (χ0n) is 12.1. The molecule has 0 saturated carbocycles.